The highest BCUT2D eigenvalue weighted by Gasteiger charge is 2.20. The lowest BCUT2D eigenvalue weighted by Crippen LogP contribution is -2.21. The van der Waals surface area contributed by atoms with Crippen LogP contribution in [0.3, 0.4) is 0 Å². The molecule has 1 aromatic heterocycles. The number of imidazole rings is 1. The number of aromatic carboxylic acids is 1. The average molecular weight is 196 g/mol. The van der Waals surface area contributed by atoms with Crippen LogP contribution in [0.5, 0.6) is 0 Å². The number of aromatic nitrogens is 2. The van der Waals surface area contributed by atoms with Gasteiger partial charge in [-0.25, -0.2) is 9.78 Å². The minimum atomic E-state index is -0.922. The Morgan fingerprint density at radius 3 is 2.93 bits per heavy atom. The molecule has 1 aromatic rings. The number of hydrogen-bond acceptors (Lipinski definition) is 3. The lowest BCUT2D eigenvalue weighted by atomic mass is 10.1. The molecular weight excluding hydrogens is 184 g/mol. The van der Waals surface area contributed by atoms with Gasteiger partial charge in [-0.1, -0.05) is 0 Å². The Morgan fingerprint density at radius 1 is 1.57 bits per heavy atom. The number of nitrogens with zero attached hydrogens (tertiary/aromatic N) is 2. The van der Waals surface area contributed by atoms with Crippen molar-refractivity contribution in [2.75, 3.05) is 13.2 Å². The van der Waals surface area contributed by atoms with Gasteiger partial charge in [-0.15, -0.1) is 0 Å². The SMILES string of the molecule is O=C(O)c1cncn1C1CCOCC1. The monoisotopic (exact) mass is 196 g/mol. The van der Waals surface area contributed by atoms with E-state index in [1.54, 1.807) is 10.9 Å². The summed E-state index contributed by atoms with van der Waals surface area (Å²) in [6.45, 7) is 1.39. The smallest absolute Gasteiger partial charge is 0.354 e. The zero-order chi connectivity index (χ0) is 9.97. The number of rotatable bonds is 2. The van der Waals surface area contributed by atoms with Crippen LogP contribution >= 0.6 is 0 Å². The highest BCUT2D eigenvalue weighted by atomic mass is 16.5. The number of carbonyl (C=O) groups is 1. The molecule has 0 unspecified atom stereocenters. The molecule has 76 valence electrons. The summed E-state index contributed by atoms with van der Waals surface area (Å²) < 4.78 is 6.94. The molecule has 1 aliphatic rings. The Kier molecular flexibility index (Phi) is 2.49. The minimum absolute atomic E-state index is 0.220. The Bertz CT molecular complexity index is 329. The van der Waals surface area contributed by atoms with Crippen LogP contribution in [0.2, 0.25) is 0 Å². The molecule has 5 heteroatoms. The molecule has 1 aliphatic heterocycles. The fraction of sp³-hybridized carbons (Fsp3) is 0.556. The molecule has 0 saturated carbocycles. The van der Waals surface area contributed by atoms with Gasteiger partial charge >= 0.3 is 5.97 Å². The van der Waals surface area contributed by atoms with Crippen LogP contribution in [0.15, 0.2) is 12.5 Å². The van der Waals surface area contributed by atoms with Gasteiger partial charge in [0.1, 0.15) is 5.69 Å². The molecule has 1 saturated heterocycles. The highest BCUT2D eigenvalue weighted by molar-refractivity contribution is 5.85. The molecule has 1 fully saturated rings. The van der Waals surface area contributed by atoms with Crippen molar-refractivity contribution in [3.05, 3.63) is 18.2 Å². The third-order valence-corrected chi connectivity index (χ3v) is 2.47. The third kappa shape index (κ3) is 1.63. The maximum absolute atomic E-state index is 10.8. The van der Waals surface area contributed by atoms with Gasteiger partial charge < -0.3 is 14.4 Å². The van der Waals surface area contributed by atoms with E-state index in [1.807, 2.05) is 0 Å². The maximum atomic E-state index is 10.8. The van der Waals surface area contributed by atoms with E-state index in [1.165, 1.54) is 6.20 Å². The molecule has 0 spiro atoms. The van der Waals surface area contributed by atoms with E-state index < -0.39 is 5.97 Å². The van der Waals surface area contributed by atoms with Crippen LogP contribution in [0.25, 0.3) is 0 Å². The summed E-state index contributed by atoms with van der Waals surface area (Å²) in [6.07, 6.45) is 4.69. The Labute approximate surface area is 81.3 Å². The van der Waals surface area contributed by atoms with Gasteiger partial charge in [0.25, 0.3) is 0 Å². The van der Waals surface area contributed by atoms with Crippen molar-refractivity contribution in [1.29, 1.82) is 0 Å². The van der Waals surface area contributed by atoms with E-state index in [-0.39, 0.29) is 11.7 Å². The summed E-state index contributed by atoms with van der Waals surface area (Å²) in [7, 11) is 0. The van der Waals surface area contributed by atoms with Crippen molar-refractivity contribution in [3.8, 4) is 0 Å². The van der Waals surface area contributed by atoms with Gasteiger partial charge in [-0.2, -0.15) is 0 Å². The first-order valence-corrected chi connectivity index (χ1v) is 4.62. The van der Waals surface area contributed by atoms with Gasteiger partial charge in [0.05, 0.1) is 12.5 Å². The van der Waals surface area contributed by atoms with E-state index in [0.29, 0.717) is 13.2 Å². The van der Waals surface area contributed by atoms with Crippen LogP contribution < -0.4 is 0 Å². The number of carboxylic acid groups (broad SMARTS) is 1. The summed E-state index contributed by atoms with van der Waals surface area (Å²) in [5.74, 6) is -0.922. The molecule has 0 radical (unpaired) electrons. The van der Waals surface area contributed by atoms with Crippen molar-refractivity contribution in [3.63, 3.8) is 0 Å². The fourth-order valence-corrected chi connectivity index (χ4v) is 1.72. The van der Waals surface area contributed by atoms with E-state index >= 15 is 0 Å². The van der Waals surface area contributed by atoms with Crippen molar-refractivity contribution in [2.45, 2.75) is 18.9 Å². The van der Waals surface area contributed by atoms with Crippen molar-refractivity contribution >= 4 is 5.97 Å². The summed E-state index contributed by atoms with van der Waals surface area (Å²) in [5.41, 5.74) is 0.261. The Balaban J connectivity index is 2.21. The maximum Gasteiger partial charge on any atom is 0.354 e. The van der Waals surface area contributed by atoms with Crippen molar-refractivity contribution in [2.24, 2.45) is 0 Å². The lowest BCUT2D eigenvalue weighted by Gasteiger charge is -2.24. The summed E-state index contributed by atoms with van der Waals surface area (Å²) in [5, 5.41) is 8.89. The predicted octanol–water partition coefficient (Wildman–Crippen LogP) is 0.933. The molecule has 0 amide bonds. The van der Waals surface area contributed by atoms with Crippen LogP contribution in [0.1, 0.15) is 29.4 Å². The Hall–Kier alpha value is -1.36. The lowest BCUT2D eigenvalue weighted by molar-refractivity contribution is 0.0609. The second-order valence-corrected chi connectivity index (χ2v) is 3.33. The molecule has 5 nitrogen and oxygen atoms in total. The first-order chi connectivity index (χ1) is 6.79. The van der Waals surface area contributed by atoms with Crippen LogP contribution in [0.4, 0.5) is 0 Å². The topological polar surface area (TPSA) is 64.3 Å². The Morgan fingerprint density at radius 2 is 2.29 bits per heavy atom. The zero-order valence-electron chi connectivity index (χ0n) is 7.72. The van der Waals surface area contributed by atoms with Crippen LogP contribution in [-0.4, -0.2) is 33.8 Å². The largest absolute Gasteiger partial charge is 0.477 e. The standard InChI is InChI=1S/C9H12N2O3/c12-9(13)8-5-10-6-11(8)7-1-3-14-4-2-7/h5-7H,1-4H2,(H,12,13). The second kappa shape index (κ2) is 3.79. The molecule has 2 heterocycles. The molecule has 14 heavy (non-hydrogen) atoms. The van der Waals surface area contributed by atoms with E-state index in [4.69, 9.17) is 9.84 Å². The zero-order valence-corrected chi connectivity index (χ0v) is 7.72. The second-order valence-electron chi connectivity index (χ2n) is 3.33. The minimum Gasteiger partial charge on any atom is -0.477 e. The number of carboxylic acids is 1. The molecular formula is C9H12N2O3. The number of ether oxygens (including phenoxy) is 1. The van der Waals surface area contributed by atoms with Gasteiger partial charge in [-0.05, 0) is 12.8 Å². The van der Waals surface area contributed by atoms with Crippen LogP contribution in [-0.2, 0) is 4.74 Å². The van der Waals surface area contributed by atoms with Crippen LogP contribution in [0, 0.1) is 0 Å². The number of hydrogen-bond donors (Lipinski definition) is 1. The molecule has 0 atom stereocenters. The van der Waals surface area contributed by atoms with Gasteiger partial charge in [0.15, 0.2) is 0 Å². The molecule has 0 aliphatic carbocycles. The van der Waals surface area contributed by atoms with Gasteiger partial charge in [0, 0.05) is 19.3 Å². The molecule has 2 rings (SSSR count). The molecule has 0 aromatic carbocycles. The third-order valence-electron chi connectivity index (χ3n) is 2.47. The average Bonchev–Trinajstić information content (AvgIpc) is 2.67. The summed E-state index contributed by atoms with van der Waals surface area (Å²) in [4.78, 5) is 14.7. The predicted molar refractivity (Wildman–Crippen MR) is 48.3 cm³/mol. The quantitative estimate of drug-likeness (QED) is 0.764. The van der Waals surface area contributed by atoms with Gasteiger partial charge in [0.2, 0.25) is 0 Å². The highest BCUT2D eigenvalue weighted by Crippen LogP contribution is 2.22. The van der Waals surface area contributed by atoms with Crippen molar-refractivity contribution in [1.82, 2.24) is 9.55 Å². The molecule has 0 bridgehead atoms. The summed E-state index contributed by atoms with van der Waals surface area (Å²) >= 11 is 0. The van der Waals surface area contributed by atoms with Crippen molar-refractivity contribution < 1.29 is 14.6 Å². The fourth-order valence-electron chi connectivity index (χ4n) is 1.72. The van der Waals surface area contributed by atoms with E-state index in [2.05, 4.69) is 4.98 Å². The summed E-state index contributed by atoms with van der Waals surface area (Å²) in [6, 6.07) is 0.220. The first-order valence-electron chi connectivity index (χ1n) is 4.62. The van der Waals surface area contributed by atoms with E-state index in [0.717, 1.165) is 12.8 Å². The van der Waals surface area contributed by atoms with Gasteiger partial charge in [-0.3, -0.25) is 0 Å². The first kappa shape index (κ1) is 9.21. The normalized spacial score (nSPS) is 18.3. The van der Waals surface area contributed by atoms with E-state index in [9.17, 15) is 4.79 Å². The molecule has 1 N–H and O–H groups in total.